The second kappa shape index (κ2) is 12.1. The molecular formula is C24H31BrN2O3S2. The van der Waals surface area contributed by atoms with Gasteiger partial charge in [-0.3, -0.25) is 9.10 Å². The Labute approximate surface area is 204 Å². The van der Waals surface area contributed by atoms with E-state index in [-0.39, 0.29) is 17.3 Å². The van der Waals surface area contributed by atoms with E-state index in [2.05, 4.69) is 21.2 Å². The summed E-state index contributed by atoms with van der Waals surface area (Å²) in [5.41, 5.74) is 1.43. The van der Waals surface area contributed by atoms with Gasteiger partial charge in [-0.15, -0.1) is 0 Å². The van der Waals surface area contributed by atoms with E-state index in [9.17, 15) is 13.2 Å². The minimum absolute atomic E-state index is 0.169. The third kappa shape index (κ3) is 7.25. The predicted molar refractivity (Wildman–Crippen MR) is 137 cm³/mol. The number of nitrogens with zero attached hydrogens (tertiary/aromatic N) is 1. The zero-order chi connectivity index (χ0) is 23.0. The van der Waals surface area contributed by atoms with Crippen molar-refractivity contribution < 1.29 is 13.2 Å². The topological polar surface area (TPSA) is 66.5 Å². The summed E-state index contributed by atoms with van der Waals surface area (Å²) in [7, 11) is -3.88. The second-order valence-electron chi connectivity index (χ2n) is 8.14. The molecule has 0 aliphatic heterocycles. The molecule has 1 N–H and O–H groups in total. The summed E-state index contributed by atoms with van der Waals surface area (Å²) in [6.45, 7) is 2.20. The van der Waals surface area contributed by atoms with Crippen molar-refractivity contribution in [2.45, 2.75) is 55.6 Å². The van der Waals surface area contributed by atoms with E-state index in [1.54, 1.807) is 48.5 Å². The molecule has 1 aliphatic carbocycles. The number of halogens is 1. The van der Waals surface area contributed by atoms with Crippen molar-refractivity contribution in [1.29, 1.82) is 0 Å². The van der Waals surface area contributed by atoms with Gasteiger partial charge in [-0.1, -0.05) is 52.9 Å². The highest BCUT2D eigenvalue weighted by Gasteiger charge is 2.27. The Hall–Kier alpha value is -1.51. The van der Waals surface area contributed by atoms with Crippen molar-refractivity contribution in [3.8, 4) is 0 Å². The Bertz CT molecular complexity index is 973. The number of sulfonamides is 1. The lowest BCUT2D eigenvalue weighted by Crippen LogP contribution is -2.41. The van der Waals surface area contributed by atoms with Crippen molar-refractivity contribution in [2.75, 3.05) is 23.1 Å². The average molecular weight is 540 g/mol. The fraction of sp³-hybridized carbons (Fsp3) is 0.458. The lowest BCUT2D eigenvalue weighted by Gasteiger charge is -2.24. The third-order valence-corrected chi connectivity index (χ3v) is 9.34. The van der Waals surface area contributed by atoms with Gasteiger partial charge in [-0.2, -0.15) is 11.8 Å². The van der Waals surface area contributed by atoms with Crippen LogP contribution in [0.3, 0.4) is 0 Å². The number of nitrogens with one attached hydrogen (secondary N) is 1. The number of amides is 1. The number of carbonyl (C=O) groups excluding carboxylic acids is 1. The van der Waals surface area contributed by atoms with E-state index in [4.69, 9.17) is 0 Å². The van der Waals surface area contributed by atoms with Crippen LogP contribution >= 0.6 is 27.7 Å². The van der Waals surface area contributed by atoms with Crippen LogP contribution in [0, 0.1) is 6.92 Å². The SMILES string of the molecule is Cc1ccc(S(=O)(=O)N(CC(=O)NCCCSC2CCCCC2)c2ccc(Br)cc2)cc1. The maximum absolute atomic E-state index is 13.3. The van der Waals surface area contributed by atoms with Gasteiger partial charge in [0, 0.05) is 16.3 Å². The first-order valence-corrected chi connectivity index (χ1v) is 14.4. The molecule has 1 amide bonds. The highest BCUT2D eigenvalue weighted by molar-refractivity contribution is 9.10. The summed E-state index contributed by atoms with van der Waals surface area (Å²) in [4.78, 5) is 12.8. The first kappa shape index (κ1) is 25.1. The highest BCUT2D eigenvalue weighted by Crippen LogP contribution is 2.28. The largest absolute Gasteiger partial charge is 0.354 e. The lowest BCUT2D eigenvalue weighted by molar-refractivity contribution is -0.119. The molecule has 1 fully saturated rings. The normalized spacial score (nSPS) is 14.8. The van der Waals surface area contributed by atoms with Gasteiger partial charge in [0.05, 0.1) is 10.6 Å². The predicted octanol–water partition coefficient (Wildman–Crippen LogP) is 5.53. The van der Waals surface area contributed by atoms with Crippen molar-refractivity contribution in [3.63, 3.8) is 0 Å². The molecule has 0 radical (unpaired) electrons. The number of hydrogen-bond donors (Lipinski definition) is 1. The molecule has 0 unspecified atom stereocenters. The van der Waals surface area contributed by atoms with Crippen LogP contribution in [-0.4, -0.2) is 38.4 Å². The molecule has 2 aromatic carbocycles. The van der Waals surface area contributed by atoms with Gasteiger partial charge in [-0.05, 0) is 68.3 Å². The first-order chi connectivity index (χ1) is 15.4. The molecule has 1 saturated carbocycles. The molecule has 3 rings (SSSR count). The number of rotatable bonds is 10. The number of carbonyl (C=O) groups is 1. The van der Waals surface area contributed by atoms with Crippen LogP contribution in [-0.2, 0) is 14.8 Å². The molecule has 174 valence electrons. The lowest BCUT2D eigenvalue weighted by atomic mass is 10.0. The number of hydrogen-bond acceptors (Lipinski definition) is 4. The average Bonchev–Trinajstić information content (AvgIpc) is 2.79. The van der Waals surface area contributed by atoms with Crippen molar-refractivity contribution in [1.82, 2.24) is 5.32 Å². The Morgan fingerprint density at radius 3 is 2.38 bits per heavy atom. The van der Waals surface area contributed by atoms with E-state index in [0.29, 0.717) is 12.2 Å². The first-order valence-electron chi connectivity index (χ1n) is 11.1. The van der Waals surface area contributed by atoms with Gasteiger partial charge in [0.15, 0.2) is 0 Å². The van der Waals surface area contributed by atoms with Gasteiger partial charge in [0.1, 0.15) is 6.54 Å². The molecular weight excluding hydrogens is 508 g/mol. The Morgan fingerprint density at radius 1 is 1.06 bits per heavy atom. The third-order valence-electron chi connectivity index (χ3n) is 5.56. The molecule has 0 atom stereocenters. The molecule has 0 bridgehead atoms. The molecule has 8 heteroatoms. The van der Waals surface area contributed by atoms with Crippen molar-refractivity contribution in [3.05, 3.63) is 58.6 Å². The zero-order valence-corrected chi connectivity index (χ0v) is 21.6. The molecule has 0 saturated heterocycles. The Morgan fingerprint density at radius 2 is 1.72 bits per heavy atom. The maximum Gasteiger partial charge on any atom is 0.264 e. The van der Waals surface area contributed by atoms with E-state index < -0.39 is 10.0 Å². The number of benzene rings is 2. The smallest absolute Gasteiger partial charge is 0.264 e. The van der Waals surface area contributed by atoms with Crippen molar-refractivity contribution >= 4 is 49.3 Å². The van der Waals surface area contributed by atoms with Gasteiger partial charge in [-0.25, -0.2) is 8.42 Å². The quantitative estimate of drug-likeness (QED) is 0.404. The van der Waals surface area contributed by atoms with Gasteiger partial charge in [0.25, 0.3) is 10.0 Å². The van der Waals surface area contributed by atoms with E-state index in [1.807, 2.05) is 18.7 Å². The standard InChI is InChI=1S/C24H31BrN2O3S2/c1-19-8-14-23(15-9-19)32(29,30)27(21-12-10-20(25)11-13-21)18-24(28)26-16-5-17-31-22-6-3-2-4-7-22/h8-15,22H,2-7,16-18H2,1H3,(H,26,28). The van der Waals surface area contributed by atoms with E-state index in [1.165, 1.54) is 36.4 Å². The number of anilines is 1. The molecule has 5 nitrogen and oxygen atoms in total. The zero-order valence-electron chi connectivity index (χ0n) is 18.4. The van der Waals surface area contributed by atoms with Gasteiger partial charge < -0.3 is 5.32 Å². The van der Waals surface area contributed by atoms with Crippen LogP contribution < -0.4 is 9.62 Å². The van der Waals surface area contributed by atoms with Crippen LogP contribution in [0.1, 0.15) is 44.1 Å². The van der Waals surface area contributed by atoms with Crippen LogP contribution in [0.25, 0.3) is 0 Å². The number of aryl methyl sites for hydroxylation is 1. The van der Waals surface area contributed by atoms with E-state index in [0.717, 1.165) is 27.5 Å². The molecule has 2 aromatic rings. The monoisotopic (exact) mass is 538 g/mol. The maximum atomic E-state index is 13.3. The molecule has 0 spiro atoms. The van der Waals surface area contributed by atoms with Gasteiger partial charge in [0.2, 0.25) is 5.91 Å². The van der Waals surface area contributed by atoms with Crippen molar-refractivity contribution in [2.24, 2.45) is 0 Å². The van der Waals surface area contributed by atoms with Crippen LogP contribution in [0.2, 0.25) is 0 Å². The summed E-state index contributed by atoms with van der Waals surface area (Å²) in [6, 6.07) is 13.6. The summed E-state index contributed by atoms with van der Waals surface area (Å²) in [5.74, 6) is 0.717. The van der Waals surface area contributed by atoms with Crippen LogP contribution in [0.5, 0.6) is 0 Å². The highest BCUT2D eigenvalue weighted by atomic mass is 79.9. The molecule has 32 heavy (non-hydrogen) atoms. The molecule has 0 heterocycles. The number of thioether (sulfide) groups is 1. The minimum Gasteiger partial charge on any atom is -0.354 e. The van der Waals surface area contributed by atoms with E-state index >= 15 is 0 Å². The summed E-state index contributed by atoms with van der Waals surface area (Å²) >= 11 is 5.38. The fourth-order valence-electron chi connectivity index (χ4n) is 3.73. The van der Waals surface area contributed by atoms with Crippen LogP contribution in [0.4, 0.5) is 5.69 Å². The van der Waals surface area contributed by atoms with Crippen LogP contribution in [0.15, 0.2) is 57.9 Å². The fourth-order valence-corrected chi connectivity index (χ4v) is 6.72. The summed E-state index contributed by atoms with van der Waals surface area (Å²) < 4.78 is 28.7. The summed E-state index contributed by atoms with van der Waals surface area (Å²) in [5, 5.41) is 3.65. The molecule has 0 aromatic heterocycles. The van der Waals surface area contributed by atoms with Gasteiger partial charge >= 0.3 is 0 Å². The second-order valence-corrected chi connectivity index (χ2v) is 12.3. The minimum atomic E-state index is -3.88. The molecule has 1 aliphatic rings. The Balaban J connectivity index is 1.61. The summed E-state index contributed by atoms with van der Waals surface area (Å²) in [6.07, 6.45) is 7.50. The Kier molecular flexibility index (Phi) is 9.49.